The van der Waals surface area contributed by atoms with E-state index in [1.807, 2.05) is 36.4 Å². The summed E-state index contributed by atoms with van der Waals surface area (Å²) in [7, 11) is 0. The topological polar surface area (TPSA) is 114 Å². The molecule has 0 aliphatic rings. The van der Waals surface area contributed by atoms with Crippen LogP contribution in [0.2, 0.25) is 0 Å². The molecule has 148 valence electrons. The molecule has 8 heteroatoms. The van der Waals surface area contributed by atoms with Gasteiger partial charge in [-0.3, -0.25) is 14.9 Å². The van der Waals surface area contributed by atoms with E-state index in [0.29, 0.717) is 16.8 Å². The first kappa shape index (κ1) is 20.2. The van der Waals surface area contributed by atoms with E-state index >= 15 is 0 Å². The van der Waals surface area contributed by atoms with E-state index in [4.69, 9.17) is 0 Å². The summed E-state index contributed by atoms with van der Waals surface area (Å²) in [6.45, 7) is 3.77. The third-order valence-electron chi connectivity index (χ3n) is 4.19. The number of hydrogen-bond donors (Lipinski definition) is 1. The quantitative estimate of drug-likeness (QED) is 0.214. The van der Waals surface area contributed by atoms with Crippen LogP contribution in [0.25, 0.3) is 23.0 Å². The summed E-state index contributed by atoms with van der Waals surface area (Å²) >= 11 is 0. The monoisotopic (exact) mass is 399 g/mol. The third-order valence-corrected chi connectivity index (χ3v) is 4.19. The summed E-state index contributed by atoms with van der Waals surface area (Å²) < 4.78 is 1.62. The zero-order valence-electron chi connectivity index (χ0n) is 15.9. The van der Waals surface area contributed by atoms with Crippen LogP contribution in [0.5, 0.6) is 0 Å². The first-order valence-corrected chi connectivity index (χ1v) is 8.94. The lowest BCUT2D eigenvalue weighted by atomic mass is 10.1. The number of nitro groups is 1. The molecule has 0 fully saturated rings. The first-order chi connectivity index (χ1) is 14.5. The summed E-state index contributed by atoms with van der Waals surface area (Å²) in [5.74, 6) is -0.528. The molecular weight excluding hydrogens is 382 g/mol. The number of para-hydroxylation sites is 1. The Kier molecular flexibility index (Phi) is 6.15. The first-order valence-electron chi connectivity index (χ1n) is 8.94. The number of nitriles is 1. The Bertz CT molecular complexity index is 1160. The molecule has 3 rings (SSSR count). The minimum atomic E-state index is -0.528. The summed E-state index contributed by atoms with van der Waals surface area (Å²) in [6, 6.07) is 17.2. The molecule has 1 aromatic heterocycles. The van der Waals surface area contributed by atoms with Crippen LogP contribution in [0.15, 0.2) is 79.0 Å². The molecule has 8 nitrogen and oxygen atoms in total. The SMILES string of the molecule is C=CCNC(=O)/C(C#N)=C\c1cn(-c2ccccc2)nc1-c1ccc([N+](=O)[O-])cc1. The largest absolute Gasteiger partial charge is 0.348 e. The van der Waals surface area contributed by atoms with Crippen LogP contribution < -0.4 is 5.32 Å². The van der Waals surface area contributed by atoms with Crippen LogP contribution in [-0.2, 0) is 4.79 Å². The molecule has 30 heavy (non-hydrogen) atoms. The molecule has 0 atom stereocenters. The molecule has 0 aliphatic heterocycles. The predicted octanol–water partition coefficient (Wildman–Crippen LogP) is 3.66. The van der Waals surface area contributed by atoms with Crippen LogP contribution >= 0.6 is 0 Å². The van der Waals surface area contributed by atoms with Gasteiger partial charge in [0.2, 0.25) is 0 Å². The standard InChI is InChI=1S/C22H17N5O3/c1-2-12-24-22(28)17(14-23)13-18-15-26(19-6-4-3-5-7-19)25-21(18)16-8-10-20(11-9-16)27(29)30/h2-11,13,15H,1,12H2,(H,24,28)/b17-13-. The highest BCUT2D eigenvalue weighted by Gasteiger charge is 2.16. The van der Waals surface area contributed by atoms with E-state index in [-0.39, 0.29) is 17.8 Å². The summed E-state index contributed by atoms with van der Waals surface area (Å²) in [5, 5.41) is 27.5. The molecule has 1 amide bonds. The third kappa shape index (κ3) is 4.48. The minimum Gasteiger partial charge on any atom is -0.348 e. The maximum absolute atomic E-state index is 12.2. The van der Waals surface area contributed by atoms with Crippen molar-refractivity contribution in [2.24, 2.45) is 0 Å². The Hall–Kier alpha value is -4.51. The molecular formula is C22H17N5O3. The number of rotatable bonds is 7. The summed E-state index contributed by atoms with van der Waals surface area (Å²) in [6.07, 6.45) is 4.66. The number of nitrogens with zero attached hydrogens (tertiary/aromatic N) is 4. The zero-order chi connectivity index (χ0) is 21.5. The van der Waals surface area contributed by atoms with Gasteiger partial charge in [0.05, 0.1) is 10.6 Å². The number of benzene rings is 2. The number of amides is 1. The fourth-order valence-corrected chi connectivity index (χ4v) is 2.74. The van der Waals surface area contributed by atoms with Gasteiger partial charge in [-0.2, -0.15) is 10.4 Å². The Balaban J connectivity index is 2.10. The molecule has 0 spiro atoms. The molecule has 3 aromatic rings. The Morgan fingerprint density at radius 1 is 1.23 bits per heavy atom. The number of carbonyl (C=O) groups is 1. The van der Waals surface area contributed by atoms with Crippen molar-refractivity contribution in [3.63, 3.8) is 0 Å². The van der Waals surface area contributed by atoms with Crippen molar-refractivity contribution in [2.45, 2.75) is 0 Å². The van der Waals surface area contributed by atoms with Gasteiger partial charge in [0, 0.05) is 36.0 Å². The van der Waals surface area contributed by atoms with Crippen molar-refractivity contribution in [2.75, 3.05) is 6.54 Å². The van der Waals surface area contributed by atoms with E-state index in [2.05, 4.69) is 17.0 Å². The normalized spacial score (nSPS) is 10.8. The molecule has 0 unspecified atom stereocenters. The lowest BCUT2D eigenvalue weighted by molar-refractivity contribution is -0.384. The zero-order valence-corrected chi connectivity index (χ0v) is 15.9. The maximum atomic E-state index is 12.2. The lowest BCUT2D eigenvalue weighted by Gasteiger charge is -2.02. The van der Waals surface area contributed by atoms with Gasteiger partial charge in [0.15, 0.2) is 0 Å². The Morgan fingerprint density at radius 2 is 1.93 bits per heavy atom. The number of carbonyl (C=O) groups excluding carboxylic acids is 1. The Morgan fingerprint density at radius 3 is 2.53 bits per heavy atom. The van der Waals surface area contributed by atoms with Gasteiger partial charge in [0.1, 0.15) is 17.3 Å². The van der Waals surface area contributed by atoms with E-state index in [1.54, 1.807) is 23.0 Å². The average molecular weight is 399 g/mol. The number of hydrogen-bond acceptors (Lipinski definition) is 5. The van der Waals surface area contributed by atoms with Gasteiger partial charge in [-0.1, -0.05) is 24.3 Å². The molecule has 0 aliphatic carbocycles. The highest BCUT2D eigenvalue weighted by molar-refractivity contribution is 6.02. The van der Waals surface area contributed by atoms with Crippen molar-refractivity contribution in [3.8, 4) is 23.0 Å². The van der Waals surface area contributed by atoms with Gasteiger partial charge >= 0.3 is 0 Å². The van der Waals surface area contributed by atoms with Crippen LogP contribution in [-0.4, -0.2) is 27.2 Å². The van der Waals surface area contributed by atoms with Gasteiger partial charge < -0.3 is 5.32 Å². The number of nitro benzene ring substituents is 1. The fourth-order valence-electron chi connectivity index (χ4n) is 2.74. The maximum Gasteiger partial charge on any atom is 0.269 e. The van der Waals surface area contributed by atoms with Crippen LogP contribution in [0.4, 0.5) is 5.69 Å². The van der Waals surface area contributed by atoms with E-state index in [9.17, 15) is 20.2 Å². The predicted molar refractivity (Wildman–Crippen MR) is 112 cm³/mol. The van der Waals surface area contributed by atoms with Gasteiger partial charge in [0.25, 0.3) is 11.6 Å². The van der Waals surface area contributed by atoms with E-state index in [1.165, 1.54) is 24.3 Å². The molecule has 0 bridgehead atoms. The molecule has 2 aromatic carbocycles. The lowest BCUT2D eigenvalue weighted by Crippen LogP contribution is -2.24. The van der Waals surface area contributed by atoms with Gasteiger partial charge in [-0.25, -0.2) is 4.68 Å². The fraction of sp³-hybridized carbons (Fsp3) is 0.0455. The second-order valence-corrected chi connectivity index (χ2v) is 6.19. The van der Waals surface area contributed by atoms with E-state index < -0.39 is 10.8 Å². The smallest absolute Gasteiger partial charge is 0.269 e. The van der Waals surface area contributed by atoms with Crippen molar-refractivity contribution in [3.05, 3.63) is 94.7 Å². The minimum absolute atomic E-state index is 0.0418. The Labute approximate surface area is 172 Å². The van der Waals surface area contributed by atoms with Gasteiger partial charge in [-0.05, 0) is 30.3 Å². The molecule has 0 radical (unpaired) electrons. The van der Waals surface area contributed by atoms with Crippen molar-refractivity contribution in [1.82, 2.24) is 15.1 Å². The average Bonchev–Trinajstić information content (AvgIpc) is 3.20. The molecule has 0 saturated heterocycles. The highest BCUT2D eigenvalue weighted by Crippen LogP contribution is 2.27. The van der Waals surface area contributed by atoms with Crippen LogP contribution in [0.3, 0.4) is 0 Å². The van der Waals surface area contributed by atoms with Crippen LogP contribution in [0.1, 0.15) is 5.56 Å². The van der Waals surface area contributed by atoms with Crippen molar-refractivity contribution < 1.29 is 9.72 Å². The van der Waals surface area contributed by atoms with Gasteiger partial charge in [-0.15, -0.1) is 6.58 Å². The molecule has 1 heterocycles. The second kappa shape index (κ2) is 9.12. The summed E-state index contributed by atoms with van der Waals surface area (Å²) in [5.41, 5.74) is 2.28. The second-order valence-electron chi connectivity index (χ2n) is 6.19. The van der Waals surface area contributed by atoms with E-state index in [0.717, 1.165) is 5.69 Å². The molecule has 1 N–H and O–H groups in total. The van der Waals surface area contributed by atoms with Crippen molar-refractivity contribution in [1.29, 1.82) is 5.26 Å². The number of aromatic nitrogens is 2. The number of non-ortho nitro benzene ring substituents is 1. The van der Waals surface area contributed by atoms with Crippen molar-refractivity contribution >= 4 is 17.7 Å². The summed E-state index contributed by atoms with van der Waals surface area (Å²) in [4.78, 5) is 22.7. The highest BCUT2D eigenvalue weighted by atomic mass is 16.6. The molecule has 0 saturated carbocycles. The van der Waals surface area contributed by atoms with Crippen LogP contribution in [0, 0.1) is 21.4 Å². The number of nitrogens with one attached hydrogen (secondary N) is 1.